The highest BCUT2D eigenvalue weighted by molar-refractivity contribution is 7.09. The van der Waals surface area contributed by atoms with Gasteiger partial charge in [-0.05, 0) is 25.8 Å². The van der Waals surface area contributed by atoms with Crippen LogP contribution in [-0.2, 0) is 0 Å². The lowest BCUT2D eigenvalue weighted by Crippen LogP contribution is -2.23. The smallest absolute Gasteiger partial charge is 0.223 e. The summed E-state index contributed by atoms with van der Waals surface area (Å²) >= 11 is 1.49. The quantitative estimate of drug-likeness (QED) is 0.916. The van der Waals surface area contributed by atoms with Crippen molar-refractivity contribution in [1.82, 2.24) is 15.0 Å². The van der Waals surface area contributed by atoms with E-state index in [9.17, 15) is 5.26 Å². The minimum Gasteiger partial charge on any atom is -0.352 e. The number of aromatic nitrogens is 3. The van der Waals surface area contributed by atoms with Gasteiger partial charge in [0.15, 0.2) is 0 Å². The minimum atomic E-state index is -0.443. The van der Waals surface area contributed by atoms with Gasteiger partial charge in [0.25, 0.3) is 0 Å². The summed E-state index contributed by atoms with van der Waals surface area (Å²) in [4.78, 5) is 13.1. The molecular weight excluding hydrogens is 282 g/mol. The highest BCUT2D eigenvalue weighted by Gasteiger charge is 2.19. The van der Waals surface area contributed by atoms with Gasteiger partial charge in [-0.3, -0.25) is 0 Å². The Hall–Kier alpha value is -2.00. The second kappa shape index (κ2) is 6.64. The van der Waals surface area contributed by atoms with E-state index in [2.05, 4.69) is 47.1 Å². The third-order valence-electron chi connectivity index (χ3n) is 3.34. The number of hydrogen-bond acceptors (Lipinski definition) is 6. The Balaban J connectivity index is 2.25. The van der Waals surface area contributed by atoms with Crippen LogP contribution in [0.1, 0.15) is 43.1 Å². The summed E-state index contributed by atoms with van der Waals surface area (Å²) in [6, 6.07) is 4.32. The molecule has 6 heteroatoms. The number of anilines is 1. The average molecular weight is 301 g/mol. The summed E-state index contributed by atoms with van der Waals surface area (Å²) in [6.07, 6.45) is 1.68. The van der Waals surface area contributed by atoms with Gasteiger partial charge in [-0.15, -0.1) is 11.3 Å². The summed E-state index contributed by atoms with van der Waals surface area (Å²) in [5.41, 5.74) is 1.61. The van der Waals surface area contributed by atoms with Crippen molar-refractivity contribution in [1.29, 1.82) is 5.26 Å². The molecule has 0 fully saturated rings. The predicted molar refractivity (Wildman–Crippen MR) is 84.3 cm³/mol. The van der Waals surface area contributed by atoms with E-state index in [1.165, 1.54) is 11.3 Å². The van der Waals surface area contributed by atoms with Gasteiger partial charge in [-0.25, -0.2) is 15.0 Å². The lowest BCUT2D eigenvalue weighted by molar-refractivity contribution is 0.556. The number of hydrogen-bond donors (Lipinski definition) is 1. The Morgan fingerprint density at radius 1 is 1.29 bits per heavy atom. The van der Waals surface area contributed by atoms with Crippen LogP contribution in [0, 0.1) is 24.2 Å². The first-order valence-electron chi connectivity index (χ1n) is 6.92. The van der Waals surface area contributed by atoms with Crippen molar-refractivity contribution in [3.63, 3.8) is 0 Å². The molecule has 0 saturated carbocycles. The van der Waals surface area contributed by atoms with E-state index in [1.807, 2.05) is 12.3 Å². The molecular formula is C15H19N5S. The molecule has 5 nitrogen and oxygen atoms in total. The van der Waals surface area contributed by atoms with Crippen molar-refractivity contribution < 1.29 is 0 Å². The molecule has 2 atom stereocenters. The van der Waals surface area contributed by atoms with Crippen molar-refractivity contribution in [2.75, 3.05) is 5.32 Å². The maximum absolute atomic E-state index is 9.44. The largest absolute Gasteiger partial charge is 0.352 e. The molecule has 0 aromatic carbocycles. The maximum atomic E-state index is 9.44. The molecule has 110 valence electrons. The fourth-order valence-corrected chi connectivity index (χ4v) is 2.58. The van der Waals surface area contributed by atoms with Gasteiger partial charge in [-0.1, -0.05) is 13.8 Å². The Morgan fingerprint density at radius 3 is 2.62 bits per heavy atom. The summed E-state index contributed by atoms with van der Waals surface area (Å²) in [7, 11) is 0. The second-order valence-electron chi connectivity index (χ2n) is 5.37. The zero-order chi connectivity index (χ0) is 15.4. The van der Waals surface area contributed by atoms with Crippen LogP contribution in [0.25, 0.3) is 0 Å². The lowest BCUT2D eigenvalue weighted by atomic mass is 10.1. The van der Waals surface area contributed by atoms with E-state index in [4.69, 9.17) is 0 Å². The van der Waals surface area contributed by atoms with Crippen molar-refractivity contribution in [3.8, 4) is 6.07 Å². The summed E-state index contributed by atoms with van der Waals surface area (Å²) in [5, 5.41) is 15.4. The number of nitrogens with one attached hydrogen (secondary N) is 1. The summed E-state index contributed by atoms with van der Waals surface area (Å²) < 4.78 is 0. The van der Waals surface area contributed by atoms with Crippen molar-refractivity contribution in [2.24, 2.45) is 5.92 Å². The van der Waals surface area contributed by atoms with E-state index < -0.39 is 5.92 Å². The van der Waals surface area contributed by atoms with Gasteiger partial charge < -0.3 is 5.32 Å². The molecule has 0 saturated heterocycles. The third-order valence-corrected chi connectivity index (χ3v) is 4.37. The standard InChI is InChI=1S/C15H19N5S/c1-9(2)11(4)19-15-17-6-5-13(20-15)12(7-16)14-18-10(3)8-21-14/h5-6,8-9,11-12H,1-4H3,(H,17,19,20). The van der Waals surface area contributed by atoms with Crippen molar-refractivity contribution >= 4 is 17.3 Å². The first kappa shape index (κ1) is 15.4. The zero-order valence-electron chi connectivity index (χ0n) is 12.7. The molecule has 0 bridgehead atoms. The van der Waals surface area contributed by atoms with Crippen LogP contribution in [0.15, 0.2) is 17.6 Å². The van der Waals surface area contributed by atoms with Crippen LogP contribution in [-0.4, -0.2) is 21.0 Å². The fraction of sp³-hybridized carbons (Fsp3) is 0.467. The molecule has 0 amide bonds. The van der Waals surface area contributed by atoms with Crippen LogP contribution >= 0.6 is 11.3 Å². The van der Waals surface area contributed by atoms with E-state index in [0.717, 1.165) is 10.7 Å². The molecule has 2 rings (SSSR count). The molecule has 2 heterocycles. The van der Waals surface area contributed by atoms with Crippen LogP contribution in [0.3, 0.4) is 0 Å². The first-order chi connectivity index (χ1) is 10.0. The summed E-state index contributed by atoms with van der Waals surface area (Å²) in [6.45, 7) is 8.29. The predicted octanol–water partition coefficient (Wildman–Crippen LogP) is 3.35. The fourth-order valence-electron chi connectivity index (χ4n) is 1.73. The van der Waals surface area contributed by atoms with Crippen LogP contribution in [0.2, 0.25) is 0 Å². The van der Waals surface area contributed by atoms with E-state index in [1.54, 1.807) is 12.3 Å². The highest BCUT2D eigenvalue weighted by Crippen LogP contribution is 2.25. The van der Waals surface area contributed by atoms with Gasteiger partial charge in [0.1, 0.15) is 10.9 Å². The Labute approximate surface area is 129 Å². The molecule has 2 aromatic heterocycles. The molecule has 0 aliphatic carbocycles. The number of nitrogens with zero attached hydrogens (tertiary/aromatic N) is 4. The van der Waals surface area contributed by atoms with Crippen molar-refractivity contribution in [3.05, 3.63) is 34.0 Å². The van der Waals surface area contributed by atoms with E-state index >= 15 is 0 Å². The molecule has 0 spiro atoms. The van der Waals surface area contributed by atoms with Crippen LogP contribution in [0.5, 0.6) is 0 Å². The maximum Gasteiger partial charge on any atom is 0.223 e. The zero-order valence-corrected chi connectivity index (χ0v) is 13.5. The Bertz CT molecular complexity index is 644. The number of aryl methyl sites for hydroxylation is 1. The second-order valence-corrected chi connectivity index (χ2v) is 6.26. The lowest BCUT2D eigenvalue weighted by Gasteiger charge is -2.17. The Kier molecular flexibility index (Phi) is 4.86. The number of nitriles is 1. The third kappa shape index (κ3) is 3.76. The average Bonchev–Trinajstić information content (AvgIpc) is 2.86. The summed E-state index contributed by atoms with van der Waals surface area (Å²) in [5.74, 6) is 0.592. The molecule has 0 aliphatic rings. The molecule has 2 unspecified atom stereocenters. The molecule has 0 radical (unpaired) electrons. The van der Waals surface area contributed by atoms with Gasteiger partial charge in [-0.2, -0.15) is 5.26 Å². The molecule has 0 aliphatic heterocycles. The molecule has 2 aromatic rings. The van der Waals surface area contributed by atoms with Gasteiger partial charge in [0, 0.05) is 23.3 Å². The monoisotopic (exact) mass is 301 g/mol. The molecule has 1 N–H and O–H groups in total. The van der Waals surface area contributed by atoms with Crippen LogP contribution in [0.4, 0.5) is 5.95 Å². The topological polar surface area (TPSA) is 74.5 Å². The normalized spacial score (nSPS) is 13.7. The van der Waals surface area contributed by atoms with Crippen LogP contribution < -0.4 is 5.32 Å². The van der Waals surface area contributed by atoms with Gasteiger partial charge >= 0.3 is 0 Å². The van der Waals surface area contributed by atoms with E-state index in [0.29, 0.717) is 17.6 Å². The Morgan fingerprint density at radius 2 is 2.05 bits per heavy atom. The number of rotatable bonds is 5. The van der Waals surface area contributed by atoms with Crippen molar-refractivity contribution in [2.45, 2.75) is 39.7 Å². The number of thiazole rings is 1. The molecule has 21 heavy (non-hydrogen) atoms. The van der Waals surface area contributed by atoms with Gasteiger partial charge in [0.05, 0.1) is 11.8 Å². The SMILES string of the molecule is Cc1csc(C(C#N)c2ccnc(NC(C)C(C)C)n2)n1. The van der Waals surface area contributed by atoms with E-state index in [-0.39, 0.29) is 6.04 Å². The first-order valence-corrected chi connectivity index (χ1v) is 7.80. The van der Waals surface area contributed by atoms with Gasteiger partial charge in [0.2, 0.25) is 5.95 Å². The highest BCUT2D eigenvalue weighted by atomic mass is 32.1. The minimum absolute atomic E-state index is 0.267.